The lowest BCUT2D eigenvalue weighted by molar-refractivity contribution is -0.138. The van der Waals surface area contributed by atoms with Crippen LogP contribution in [0.1, 0.15) is 0 Å². The fourth-order valence-electron chi connectivity index (χ4n) is 0.592. The molecule has 0 saturated carbocycles. The second-order valence-electron chi connectivity index (χ2n) is 2.31. The molecular formula is C5H11NO5S2. The normalized spacial score (nSPS) is 14.0. The Balaban J connectivity index is 3.81. The van der Waals surface area contributed by atoms with E-state index in [1.807, 2.05) is 0 Å². The van der Waals surface area contributed by atoms with E-state index in [4.69, 9.17) is 9.66 Å². The quantitative estimate of drug-likeness (QED) is 0.338. The maximum atomic E-state index is 10.4. The summed E-state index contributed by atoms with van der Waals surface area (Å²) in [5.41, 5.74) is 0. The lowest BCUT2D eigenvalue weighted by Gasteiger charge is -2.10. The lowest BCUT2D eigenvalue weighted by atomic mass is 10.3. The zero-order chi connectivity index (χ0) is 10.5. The van der Waals surface area contributed by atoms with Gasteiger partial charge in [-0.05, 0) is 0 Å². The molecule has 6 nitrogen and oxygen atoms in total. The number of carbonyl (C=O) groups is 1. The van der Waals surface area contributed by atoms with Crippen molar-refractivity contribution in [1.82, 2.24) is 5.32 Å². The molecule has 1 atom stereocenters. The van der Waals surface area contributed by atoms with Gasteiger partial charge < -0.3 is 10.4 Å². The van der Waals surface area contributed by atoms with Gasteiger partial charge in [0.15, 0.2) is 0 Å². The van der Waals surface area contributed by atoms with Crippen LogP contribution in [0.3, 0.4) is 0 Å². The van der Waals surface area contributed by atoms with Gasteiger partial charge in [-0.3, -0.25) is 9.35 Å². The number of carboxylic acid groups (broad SMARTS) is 1. The Labute approximate surface area is 81.5 Å². The first-order chi connectivity index (χ1) is 5.87. The molecule has 0 saturated heterocycles. The van der Waals surface area contributed by atoms with Gasteiger partial charge in [-0.15, -0.1) is 0 Å². The number of rotatable bonds is 6. The minimum Gasteiger partial charge on any atom is -0.480 e. The molecule has 0 fully saturated rings. The summed E-state index contributed by atoms with van der Waals surface area (Å²) in [6, 6.07) is -0.898. The second kappa shape index (κ2) is 5.43. The molecule has 0 aromatic heterocycles. The summed E-state index contributed by atoms with van der Waals surface area (Å²) in [7, 11) is -4.03. The molecule has 0 radical (unpaired) electrons. The Bertz CT molecular complexity index is 262. The van der Waals surface area contributed by atoms with Crippen LogP contribution >= 0.6 is 12.6 Å². The molecule has 0 bridgehead atoms. The van der Waals surface area contributed by atoms with Crippen LogP contribution in [0.15, 0.2) is 0 Å². The minimum atomic E-state index is -4.03. The van der Waals surface area contributed by atoms with E-state index in [0.717, 1.165) is 0 Å². The van der Waals surface area contributed by atoms with Crippen molar-refractivity contribution < 1.29 is 22.9 Å². The van der Waals surface area contributed by atoms with E-state index >= 15 is 0 Å². The van der Waals surface area contributed by atoms with Crippen LogP contribution < -0.4 is 5.32 Å². The summed E-state index contributed by atoms with van der Waals surface area (Å²) in [6.07, 6.45) is 0. The van der Waals surface area contributed by atoms with Gasteiger partial charge in [-0.25, -0.2) is 0 Å². The first-order valence-electron chi connectivity index (χ1n) is 3.39. The van der Waals surface area contributed by atoms with Gasteiger partial charge >= 0.3 is 5.97 Å². The van der Waals surface area contributed by atoms with E-state index in [9.17, 15) is 13.2 Å². The maximum absolute atomic E-state index is 10.4. The van der Waals surface area contributed by atoms with Crippen molar-refractivity contribution in [2.45, 2.75) is 6.04 Å². The van der Waals surface area contributed by atoms with Crippen molar-refractivity contribution in [3.63, 3.8) is 0 Å². The van der Waals surface area contributed by atoms with Crippen LogP contribution in [0.5, 0.6) is 0 Å². The molecule has 0 aliphatic carbocycles. The SMILES string of the molecule is O=C(O)[C@H](CS)NCCS(=O)(=O)O. The number of thiol groups is 1. The van der Waals surface area contributed by atoms with Crippen LogP contribution in [0.2, 0.25) is 0 Å². The van der Waals surface area contributed by atoms with Crippen molar-refractivity contribution in [3.05, 3.63) is 0 Å². The summed E-state index contributed by atoms with van der Waals surface area (Å²) in [4.78, 5) is 10.4. The maximum Gasteiger partial charge on any atom is 0.321 e. The van der Waals surface area contributed by atoms with E-state index in [0.29, 0.717) is 0 Å². The zero-order valence-corrected chi connectivity index (χ0v) is 8.38. The van der Waals surface area contributed by atoms with Gasteiger partial charge in [0, 0.05) is 12.3 Å². The van der Waals surface area contributed by atoms with Gasteiger partial charge in [0.05, 0.1) is 5.75 Å². The Hall–Kier alpha value is -0.310. The van der Waals surface area contributed by atoms with Crippen LogP contribution in [-0.4, -0.2) is 48.1 Å². The van der Waals surface area contributed by atoms with Gasteiger partial charge in [-0.1, -0.05) is 0 Å². The van der Waals surface area contributed by atoms with E-state index in [1.165, 1.54) is 0 Å². The molecule has 0 unspecified atom stereocenters. The molecule has 78 valence electrons. The summed E-state index contributed by atoms with van der Waals surface area (Å²) in [5.74, 6) is -1.56. The number of nitrogens with one attached hydrogen (secondary N) is 1. The number of aliphatic carboxylic acids is 1. The summed E-state index contributed by atoms with van der Waals surface area (Å²) in [5, 5.41) is 10.9. The average molecular weight is 229 g/mol. The smallest absolute Gasteiger partial charge is 0.321 e. The van der Waals surface area contributed by atoms with Crippen LogP contribution in [-0.2, 0) is 14.9 Å². The molecule has 0 amide bonds. The largest absolute Gasteiger partial charge is 0.480 e. The van der Waals surface area contributed by atoms with Gasteiger partial charge in [0.25, 0.3) is 10.1 Å². The fourth-order valence-corrected chi connectivity index (χ4v) is 1.25. The Morgan fingerprint density at radius 3 is 2.38 bits per heavy atom. The predicted octanol–water partition coefficient (Wildman–Crippen LogP) is -1.15. The van der Waals surface area contributed by atoms with Crippen molar-refractivity contribution >= 4 is 28.7 Å². The third kappa shape index (κ3) is 6.82. The Kier molecular flexibility index (Phi) is 5.30. The van der Waals surface area contributed by atoms with E-state index in [-0.39, 0.29) is 12.3 Å². The van der Waals surface area contributed by atoms with Gasteiger partial charge in [-0.2, -0.15) is 21.0 Å². The van der Waals surface area contributed by atoms with E-state index in [1.54, 1.807) is 0 Å². The standard InChI is InChI=1S/C5H11NO5S2/c7-5(8)4(3-12)6-1-2-13(9,10)11/h4,6,12H,1-3H2,(H,7,8)(H,9,10,11)/t4-/m0/s1. The number of hydrogen-bond donors (Lipinski definition) is 4. The first-order valence-corrected chi connectivity index (χ1v) is 5.63. The highest BCUT2D eigenvalue weighted by Crippen LogP contribution is 1.88. The van der Waals surface area contributed by atoms with Crippen LogP contribution in [0, 0.1) is 0 Å². The van der Waals surface area contributed by atoms with Crippen molar-refractivity contribution in [3.8, 4) is 0 Å². The molecule has 0 spiro atoms. The van der Waals surface area contributed by atoms with E-state index < -0.39 is 27.9 Å². The number of hydrogen-bond acceptors (Lipinski definition) is 5. The van der Waals surface area contributed by atoms with Crippen LogP contribution in [0.4, 0.5) is 0 Å². The molecule has 3 N–H and O–H groups in total. The van der Waals surface area contributed by atoms with Crippen molar-refractivity contribution in [2.75, 3.05) is 18.1 Å². The molecule has 0 heterocycles. The topological polar surface area (TPSA) is 104 Å². The minimum absolute atomic E-state index is 0.0564. The third-order valence-corrected chi connectivity index (χ3v) is 2.32. The molecule has 0 rings (SSSR count). The van der Waals surface area contributed by atoms with Gasteiger partial charge in [0.1, 0.15) is 6.04 Å². The highest BCUT2D eigenvalue weighted by molar-refractivity contribution is 7.85. The fraction of sp³-hybridized carbons (Fsp3) is 0.800. The van der Waals surface area contributed by atoms with E-state index in [2.05, 4.69) is 17.9 Å². The summed E-state index contributed by atoms with van der Waals surface area (Å²) in [6.45, 7) is -0.115. The second-order valence-corrected chi connectivity index (χ2v) is 4.25. The predicted molar refractivity (Wildman–Crippen MR) is 49.7 cm³/mol. The molecule has 0 aliphatic heterocycles. The van der Waals surface area contributed by atoms with Crippen molar-refractivity contribution in [1.29, 1.82) is 0 Å². The molecule has 13 heavy (non-hydrogen) atoms. The van der Waals surface area contributed by atoms with Crippen molar-refractivity contribution in [2.24, 2.45) is 0 Å². The summed E-state index contributed by atoms with van der Waals surface area (Å²) >= 11 is 3.75. The highest BCUT2D eigenvalue weighted by Gasteiger charge is 2.15. The molecule has 0 aromatic rings. The molecular weight excluding hydrogens is 218 g/mol. The number of carboxylic acids is 1. The van der Waals surface area contributed by atoms with Gasteiger partial charge in [0.2, 0.25) is 0 Å². The Morgan fingerprint density at radius 1 is 1.54 bits per heavy atom. The summed E-state index contributed by atoms with van der Waals surface area (Å²) < 4.78 is 28.7. The Morgan fingerprint density at radius 2 is 2.08 bits per heavy atom. The molecule has 0 aromatic carbocycles. The third-order valence-electron chi connectivity index (χ3n) is 1.23. The van der Waals surface area contributed by atoms with Crippen LogP contribution in [0.25, 0.3) is 0 Å². The zero-order valence-electron chi connectivity index (χ0n) is 6.67. The molecule has 0 aliphatic rings. The lowest BCUT2D eigenvalue weighted by Crippen LogP contribution is -2.40. The monoisotopic (exact) mass is 229 g/mol. The first kappa shape index (κ1) is 12.7. The average Bonchev–Trinajstić information content (AvgIpc) is 1.95. The highest BCUT2D eigenvalue weighted by atomic mass is 32.2. The molecule has 8 heteroatoms.